The van der Waals surface area contributed by atoms with Gasteiger partial charge < -0.3 is 5.32 Å². The molecule has 1 heteroatoms. The van der Waals surface area contributed by atoms with E-state index in [1.165, 1.54) is 45.1 Å². The Balaban J connectivity index is 2.44. The van der Waals surface area contributed by atoms with Crippen LogP contribution in [0.4, 0.5) is 0 Å². The Morgan fingerprint density at radius 3 is 2.07 bits per heavy atom. The molecule has 0 aromatic heterocycles. The molecule has 1 nitrogen and oxygen atoms in total. The Kier molecular flexibility index (Phi) is 4.00. The van der Waals surface area contributed by atoms with Crippen LogP contribution in [0.5, 0.6) is 0 Å². The van der Waals surface area contributed by atoms with Crippen molar-refractivity contribution in [1.82, 2.24) is 5.32 Å². The van der Waals surface area contributed by atoms with Crippen molar-refractivity contribution in [1.29, 1.82) is 0 Å². The lowest BCUT2D eigenvalue weighted by atomic mass is 9.72. The highest BCUT2D eigenvalue weighted by molar-refractivity contribution is 4.86. The molecular formula is C13H27N. The summed E-state index contributed by atoms with van der Waals surface area (Å²) in [6.07, 6.45) is 8.56. The lowest BCUT2D eigenvalue weighted by molar-refractivity contribution is 0.160. The van der Waals surface area contributed by atoms with Crippen molar-refractivity contribution in [3.8, 4) is 0 Å². The first-order valence-electron chi connectivity index (χ1n) is 6.22. The average Bonchev–Trinajstić information content (AvgIpc) is 2.15. The summed E-state index contributed by atoms with van der Waals surface area (Å²) in [6, 6.07) is 0. The van der Waals surface area contributed by atoms with Crippen LogP contribution in [0.3, 0.4) is 0 Å². The Morgan fingerprint density at radius 2 is 1.64 bits per heavy atom. The summed E-state index contributed by atoms with van der Waals surface area (Å²) in [5.74, 6) is 0. The van der Waals surface area contributed by atoms with Crippen molar-refractivity contribution >= 4 is 0 Å². The molecule has 0 atom stereocenters. The van der Waals surface area contributed by atoms with Crippen molar-refractivity contribution in [2.45, 2.75) is 71.8 Å². The Labute approximate surface area is 89.7 Å². The quantitative estimate of drug-likeness (QED) is 0.727. The zero-order chi connectivity index (χ0) is 10.7. The van der Waals surface area contributed by atoms with Crippen LogP contribution in [0.2, 0.25) is 0 Å². The first-order chi connectivity index (χ1) is 6.47. The van der Waals surface area contributed by atoms with Gasteiger partial charge in [-0.15, -0.1) is 0 Å². The Bertz CT molecular complexity index is 161. The minimum Gasteiger partial charge on any atom is -0.312 e. The van der Waals surface area contributed by atoms with Crippen molar-refractivity contribution in [2.75, 3.05) is 6.54 Å². The molecule has 1 fully saturated rings. The maximum absolute atomic E-state index is 3.68. The second-order valence-corrected chi connectivity index (χ2v) is 6.02. The van der Waals surface area contributed by atoms with Crippen LogP contribution < -0.4 is 5.32 Å². The lowest BCUT2D eigenvalue weighted by Crippen LogP contribution is -2.44. The Hall–Kier alpha value is -0.0400. The van der Waals surface area contributed by atoms with E-state index in [0.717, 1.165) is 0 Å². The summed E-state index contributed by atoms with van der Waals surface area (Å²) < 4.78 is 0. The summed E-state index contributed by atoms with van der Waals surface area (Å²) in [7, 11) is 0. The Morgan fingerprint density at radius 1 is 1.07 bits per heavy atom. The van der Waals surface area contributed by atoms with Gasteiger partial charge in [0.15, 0.2) is 0 Å². The van der Waals surface area contributed by atoms with Gasteiger partial charge >= 0.3 is 0 Å². The highest BCUT2D eigenvalue weighted by Crippen LogP contribution is 2.38. The number of nitrogens with one attached hydrogen (secondary N) is 1. The van der Waals surface area contributed by atoms with Gasteiger partial charge in [-0.05, 0) is 45.4 Å². The molecular weight excluding hydrogens is 170 g/mol. The van der Waals surface area contributed by atoms with E-state index in [9.17, 15) is 0 Å². The average molecular weight is 197 g/mol. The second-order valence-electron chi connectivity index (χ2n) is 6.02. The van der Waals surface area contributed by atoms with Gasteiger partial charge in [-0.1, -0.05) is 26.2 Å². The second kappa shape index (κ2) is 4.65. The van der Waals surface area contributed by atoms with E-state index in [1.807, 2.05) is 0 Å². The molecule has 0 radical (unpaired) electrons. The van der Waals surface area contributed by atoms with Crippen LogP contribution in [0, 0.1) is 5.41 Å². The molecule has 0 unspecified atom stereocenters. The standard InChI is InChI=1S/C13H27N/c1-5-13(9-7-6-8-10-13)11-14-12(2,3)4/h14H,5-11H2,1-4H3. The number of rotatable bonds is 3. The third kappa shape index (κ3) is 3.61. The SMILES string of the molecule is CCC1(CNC(C)(C)C)CCCCC1. The summed E-state index contributed by atoms with van der Waals surface area (Å²) in [6.45, 7) is 10.4. The van der Waals surface area contributed by atoms with Crippen LogP contribution in [0.25, 0.3) is 0 Å². The van der Waals surface area contributed by atoms with Gasteiger partial charge in [-0.25, -0.2) is 0 Å². The van der Waals surface area contributed by atoms with Gasteiger partial charge in [0, 0.05) is 12.1 Å². The van der Waals surface area contributed by atoms with Crippen molar-refractivity contribution in [3.05, 3.63) is 0 Å². The van der Waals surface area contributed by atoms with Crippen LogP contribution in [0.15, 0.2) is 0 Å². The molecule has 1 rings (SSSR count). The molecule has 0 spiro atoms. The molecule has 84 valence electrons. The third-order valence-electron chi connectivity index (χ3n) is 3.66. The van der Waals surface area contributed by atoms with Crippen LogP contribution >= 0.6 is 0 Å². The van der Waals surface area contributed by atoms with Gasteiger partial charge in [0.05, 0.1) is 0 Å². The minimum atomic E-state index is 0.277. The van der Waals surface area contributed by atoms with Gasteiger partial charge in [-0.2, -0.15) is 0 Å². The van der Waals surface area contributed by atoms with Gasteiger partial charge in [0.1, 0.15) is 0 Å². The molecule has 0 saturated heterocycles. The highest BCUT2D eigenvalue weighted by Gasteiger charge is 2.30. The summed E-state index contributed by atoms with van der Waals surface area (Å²) in [5, 5.41) is 3.68. The molecule has 0 aliphatic heterocycles. The fraction of sp³-hybridized carbons (Fsp3) is 1.00. The zero-order valence-electron chi connectivity index (χ0n) is 10.4. The molecule has 1 aliphatic rings. The third-order valence-corrected chi connectivity index (χ3v) is 3.66. The number of hydrogen-bond donors (Lipinski definition) is 1. The fourth-order valence-electron chi connectivity index (χ4n) is 2.41. The largest absolute Gasteiger partial charge is 0.312 e. The lowest BCUT2D eigenvalue weighted by Gasteiger charge is -2.39. The first-order valence-corrected chi connectivity index (χ1v) is 6.22. The molecule has 0 aromatic carbocycles. The van der Waals surface area contributed by atoms with Gasteiger partial charge in [0.25, 0.3) is 0 Å². The molecule has 0 amide bonds. The normalized spacial score (nSPS) is 22.3. The smallest absolute Gasteiger partial charge is 0.00967 e. The highest BCUT2D eigenvalue weighted by atomic mass is 15.0. The molecule has 1 N–H and O–H groups in total. The topological polar surface area (TPSA) is 12.0 Å². The first kappa shape index (κ1) is 12.0. The van der Waals surface area contributed by atoms with E-state index in [1.54, 1.807) is 0 Å². The van der Waals surface area contributed by atoms with Crippen molar-refractivity contribution < 1.29 is 0 Å². The van der Waals surface area contributed by atoms with Gasteiger partial charge in [-0.3, -0.25) is 0 Å². The minimum absolute atomic E-state index is 0.277. The van der Waals surface area contributed by atoms with Crippen molar-refractivity contribution in [2.24, 2.45) is 5.41 Å². The maximum Gasteiger partial charge on any atom is 0.00967 e. The predicted molar refractivity (Wildman–Crippen MR) is 63.6 cm³/mol. The zero-order valence-corrected chi connectivity index (χ0v) is 10.4. The summed E-state index contributed by atoms with van der Waals surface area (Å²) >= 11 is 0. The van der Waals surface area contributed by atoms with E-state index < -0.39 is 0 Å². The molecule has 0 heterocycles. The van der Waals surface area contributed by atoms with E-state index >= 15 is 0 Å². The van der Waals surface area contributed by atoms with Gasteiger partial charge in [0.2, 0.25) is 0 Å². The molecule has 14 heavy (non-hydrogen) atoms. The molecule has 0 aromatic rings. The molecule has 0 bridgehead atoms. The summed E-state index contributed by atoms with van der Waals surface area (Å²) in [4.78, 5) is 0. The van der Waals surface area contributed by atoms with Crippen LogP contribution in [-0.4, -0.2) is 12.1 Å². The van der Waals surface area contributed by atoms with E-state index in [-0.39, 0.29) is 5.54 Å². The monoisotopic (exact) mass is 197 g/mol. The number of hydrogen-bond acceptors (Lipinski definition) is 1. The van der Waals surface area contributed by atoms with Crippen molar-refractivity contribution in [3.63, 3.8) is 0 Å². The molecule has 1 aliphatic carbocycles. The van der Waals surface area contributed by atoms with E-state index in [4.69, 9.17) is 0 Å². The van der Waals surface area contributed by atoms with Crippen LogP contribution in [-0.2, 0) is 0 Å². The van der Waals surface area contributed by atoms with E-state index in [0.29, 0.717) is 5.41 Å². The maximum atomic E-state index is 3.68. The summed E-state index contributed by atoms with van der Waals surface area (Å²) in [5.41, 5.74) is 0.894. The fourth-order valence-corrected chi connectivity index (χ4v) is 2.41. The molecule has 1 saturated carbocycles. The predicted octanol–water partition coefficient (Wildman–Crippen LogP) is 3.74. The van der Waals surface area contributed by atoms with Crippen LogP contribution in [0.1, 0.15) is 66.2 Å². The van der Waals surface area contributed by atoms with E-state index in [2.05, 4.69) is 33.0 Å².